The summed E-state index contributed by atoms with van der Waals surface area (Å²) in [4.78, 5) is 11.0. The third-order valence-electron chi connectivity index (χ3n) is 6.49. The lowest BCUT2D eigenvalue weighted by molar-refractivity contribution is 0.0697. The number of aromatic nitrogens is 2. The summed E-state index contributed by atoms with van der Waals surface area (Å²) >= 11 is 6.02. The molecule has 1 aromatic carbocycles. The zero-order chi connectivity index (χ0) is 17.2. The number of nitrogens with zero attached hydrogens (tertiary/aromatic N) is 2. The summed E-state index contributed by atoms with van der Waals surface area (Å²) in [6.07, 6.45) is 8.65. The highest BCUT2D eigenvalue weighted by Gasteiger charge is 2.85. The van der Waals surface area contributed by atoms with E-state index in [0.29, 0.717) is 18.2 Å². The Balaban J connectivity index is 1.22. The molecule has 3 aliphatic carbocycles. The zero-order valence-corrected chi connectivity index (χ0v) is 14.5. The van der Waals surface area contributed by atoms with Crippen molar-refractivity contribution in [2.75, 3.05) is 6.61 Å². The Labute approximate surface area is 150 Å². The summed E-state index contributed by atoms with van der Waals surface area (Å²) in [7, 11) is 0. The number of ether oxygens (including phenoxy) is 1. The highest BCUT2D eigenvalue weighted by atomic mass is 35.5. The van der Waals surface area contributed by atoms with Gasteiger partial charge in [0.1, 0.15) is 0 Å². The Morgan fingerprint density at radius 1 is 1.28 bits per heavy atom. The molecule has 2 spiro atoms. The van der Waals surface area contributed by atoms with Crippen molar-refractivity contribution in [2.45, 2.75) is 32.1 Å². The Bertz CT molecular complexity index is 849. The number of carboxylic acid groups (broad SMARTS) is 1. The molecule has 3 aliphatic rings. The maximum atomic E-state index is 11.0. The van der Waals surface area contributed by atoms with Crippen molar-refractivity contribution in [1.82, 2.24) is 9.78 Å². The van der Waals surface area contributed by atoms with Gasteiger partial charge in [0.2, 0.25) is 5.88 Å². The van der Waals surface area contributed by atoms with Gasteiger partial charge < -0.3 is 9.84 Å². The topological polar surface area (TPSA) is 64.3 Å². The Kier molecular flexibility index (Phi) is 3.06. The maximum absolute atomic E-state index is 11.0. The van der Waals surface area contributed by atoms with E-state index >= 15 is 0 Å². The van der Waals surface area contributed by atoms with E-state index in [1.807, 2.05) is 6.07 Å². The Hall–Kier alpha value is -2.01. The second-order valence-corrected chi connectivity index (χ2v) is 7.98. The molecule has 5 rings (SSSR count). The standard InChI is InChI=1S/C19H19ClN2O3/c20-14-11-12(1-2-13(14)17(23)24)22-9-3-16(21-22)25-10-4-15-18(5-6-18)19(15)7-8-19/h1-3,9,11,15H,4-8,10H2,(H,23,24). The molecule has 3 saturated carbocycles. The van der Waals surface area contributed by atoms with Crippen LogP contribution in [0.4, 0.5) is 0 Å². The van der Waals surface area contributed by atoms with Gasteiger partial charge in [-0.1, -0.05) is 11.6 Å². The zero-order valence-electron chi connectivity index (χ0n) is 13.7. The molecule has 1 N–H and O–H groups in total. The molecule has 1 aromatic heterocycles. The van der Waals surface area contributed by atoms with Crippen LogP contribution in [0.25, 0.3) is 5.69 Å². The Morgan fingerprint density at radius 2 is 2.00 bits per heavy atom. The van der Waals surface area contributed by atoms with Crippen LogP contribution in [0.15, 0.2) is 30.5 Å². The summed E-state index contributed by atoms with van der Waals surface area (Å²) in [5.74, 6) is 0.432. The van der Waals surface area contributed by atoms with Gasteiger partial charge in [-0.3, -0.25) is 0 Å². The number of hydrogen-bond donors (Lipinski definition) is 1. The highest BCUT2D eigenvalue weighted by molar-refractivity contribution is 6.33. The molecule has 1 heterocycles. The second-order valence-electron chi connectivity index (χ2n) is 7.57. The minimum Gasteiger partial charge on any atom is -0.478 e. The third-order valence-corrected chi connectivity index (χ3v) is 6.80. The fourth-order valence-corrected chi connectivity index (χ4v) is 5.24. The van der Waals surface area contributed by atoms with E-state index < -0.39 is 5.97 Å². The lowest BCUT2D eigenvalue weighted by Gasteiger charge is -2.05. The molecule has 3 fully saturated rings. The molecule has 2 aromatic rings. The molecule has 130 valence electrons. The van der Waals surface area contributed by atoms with Crippen LogP contribution in [0.5, 0.6) is 5.88 Å². The molecule has 0 atom stereocenters. The minimum absolute atomic E-state index is 0.0847. The van der Waals surface area contributed by atoms with Crippen molar-refractivity contribution < 1.29 is 14.6 Å². The van der Waals surface area contributed by atoms with Crippen LogP contribution in [0.2, 0.25) is 5.02 Å². The number of aromatic carboxylic acids is 1. The Morgan fingerprint density at radius 3 is 2.60 bits per heavy atom. The number of halogens is 1. The van der Waals surface area contributed by atoms with E-state index in [-0.39, 0.29) is 10.6 Å². The smallest absolute Gasteiger partial charge is 0.337 e. The van der Waals surface area contributed by atoms with Crippen LogP contribution in [0.1, 0.15) is 42.5 Å². The monoisotopic (exact) mass is 358 g/mol. The van der Waals surface area contributed by atoms with Crippen molar-refractivity contribution in [1.29, 1.82) is 0 Å². The van der Waals surface area contributed by atoms with Gasteiger partial charge in [0, 0.05) is 12.3 Å². The van der Waals surface area contributed by atoms with Gasteiger partial charge in [-0.2, -0.15) is 0 Å². The molecular formula is C19H19ClN2O3. The first kappa shape index (κ1) is 15.3. The van der Waals surface area contributed by atoms with Crippen molar-refractivity contribution in [2.24, 2.45) is 16.7 Å². The molecular weight excluding hydrogens is 340 g/mol. The number of benzene rings is 1. The van der Waals surface area contributed by atoms with E-state index in [4.69, 9.17) is 21.4 Å². The maximum Gasteiger partial charge on any atom is 0.337 e. The first-order valence-corrected chi connectivity index (χ1v) is 9.15. The quantitative estimate of drug-likeness (QED) is 0.841. The molecule has 0 amide bonds. The molecule has 0 unspecified atom stereocenters. The van der Waals surface area contributed by atoms with Gasteiger partial charge in [0.25, 0.3) is 0 Å². The average Bonchev–Trinajstić information content (AvgIpc) is 3.53. The van der Waals surface area contributed by atoms with Crippen molar-refractivity contribution in [3.63, 3.8) is 0 Å². The summed E-state index contributed by atoms with van der Waals surface area (Å²) in [5.41, 5.74) is 2.24. The lowest BCUT2D eigenvalue weighted by Crippen LogP contribution is -2.02. The van der Waals surface area contributed by atoms with Crippen LogP contribution < -0.4 is 4.74 Å². The van der Waals surface area contributed by atoms with Crippen molar-refractivity contribution in [3.8, 4) is 11.6 Å². The lowest BCUT2D eigenvalue weighted by atomic mass is 10.2. The van der Waals surface area contributed by atoms with Crippen molar-refractivity contribution >= 4 is 17.6 Å². The molecule has 0 bridgehead atoms. The summed E-state index contributed by atoms with van der Waals surface area (Å²) in [6, 6.07) is 6.59. The van der Waals surface area contributed by atoms with E-state index in [1.54, 1.807) is 23.0 Å². The normalized spacial score (nSPS) is 21.5. The largest absolute Gasteiger partial charge is 0.478 e. The van der Waals surface area contributed by atoms with Crippen LogP contribution in [0.3, 0.4) is 0 Å². The van der Waals surface area contributed by atoms with Gasteiger partial charge in [-0.05, 0) is 67.1 Å². The van der Waals surface area contributed by atoms with E-state index in [2.05, 4.69) is 5.10 Å². The van der Waals surface area contributed by atoms with Crippen molar-refractivity contribution in [3.05, 3.63) is 41.0 Å². The summed E-state index contributed by atoms with van der Waals surface area (Å²) in [6.45, 7) is 0.712. The second kappa shape index (κ2) is 5.01. The molecule has 25 heavy (non-hydrogen) atoms. The first-order valence-electron chi connectivity index (χ1n) is 8.77. The number of fused-ring (bicyclic) bond motifs is 1. The van der Waals surface area contributed by atoms with Crippen LogP contribution in [-0.4, -0.2) is 27.5 Å². The fraction of sp³-hybridized carbons (Fsp3) is 0.474. The SMILES string of the molecule is O=C(O)c1ccc(-n2ccc(OCCC3C4(CC4)C34CC4)n2)cc1Cl. The predicted molar refractivity (Wildman–Crippen MR) is 92.5 cm³/mol. The number of hydrogen-bond acceptors (Lipinski definition) is 3. The van der Waals surface area contributed by atoms with Gasteiger partial charge in [0.15, 0.2) is 0 Å². The molecule has 0 saturated heterocycles. The number of rotatable bonds is 6. The molecule has 6 heteroatoms. The first-order chi connectivity index (χ1) is 12.1. The molecule has 0 radical (unpaired) electrons. The third kappa shape index (κ3) is 2.21. The predicted octanol–water partition coefficient (Wildman–Crippen LogP) is 4.18. The van der Waals surface area contributed by atoms with Gasteiger partial charge in [-0.25, -0.2) is 9.48 Å². The number of carboxylic acids is 1. The fourth-order valence-electron chi connectivity index (χ4n) is 4.98. The van der Waals surface area contributed by atoms with Gasteiger partial charge in [-0.15, -0.1) is 5.10 Å². The number of carbonyl (C=O) groups is 1. The van der Waals surface area contributed by atoms with Gasteiger partial charge in [0.05, 0.1) is 22.9 Å². The molecule has 5 nitrogen and oxygen atoms in total. The van der Waals surface area contributed by atoms with Gasteiger partial charge >= 0.3 is 5.97 Å². The van der Waals surface area contributed by atoms with Crippen LogP contribution in [0, 0.1) is 16.7 Å². The van der Waals surface area contributed by atoms with E-state index in [0.717, 1.165) is 23.2 Å². The average molecular weight is 359 g/mol. The molecule has 0 aliphatic heterocycles. The summed E-state index contributed by atoms with van der Waals surface area (Å²) < 4.78 is 7.48. The van der Waals surface area contributed by atoms with E-state index in [1.165, 1.54) is 31.7 Å². The minimum atomic E-state index is -1.04. The van der Waals surface area contributed by atoms with E-state index in [9.17, 15) is 4.79 Å². The van der Waals surface area contributed by atoms with Crippen LogP contribution >= 0.6 is 11.6 Å². The highest BCUT2D eigenvalue weighted by Crippen LogP contribution is 2.93. The van der Waals surface area contributed by atoms with Crippen LogP contribution in [-0.2, 0) is 0 Å². The summed E-state index contributed by atoms with van der Waals surface area (Å²) in [5, 5.41) is 13.6.